The van der Waals surface area contributed by atoms with Crippen LogP contribution >= 0.6 is 0 Å². The summed E-state index contributed by atoms with van der Waals surface area (Å²) in [4.78, 5) is 18.0. The summed E-state index contributed by atoms with van der Waals surface area (Å²) in [5.74, 6) is 0.796. The van der Waals surface area contributed by atoms with Crippen molar-refractivity contribution in [3.8, 4) is 5.75 Å². The molecule has 0 radical (unpaired) electrons. The van der Waals surface area contributed by atoms with E-state index in [1.54, 1.807) is 7.11 Å². The number of fused-ring (bicyclic) bond motifs is 3. The van der Waals surface area contributed by atoms with Gasteiger partial charge in [0.1, 0.15) is 11.8 Å². The number of nitrogens with one attached hydrogen (secondary N) is 1. The number of carbonyl (C=O) groups excluding carboxylic acids is 1. The normalized spacial score (nSPS) is 16.3. The molecule has 1 amide bonds. The Morgan fingerprint density at radius 2 is 2.00 bits per heavy atom. The summed E-state index contributed by atoms with van der Waals surface area (Å²) >= 11 is 0. The largest absolute Gasteiger partial charge is 0.497 e. The van der Waals surface area contributed by atoms with Crippen LogP contribution in [-0.2, 0) is 11.2 Å². The van der Waals surface area contributed by atoms with Crippen LogP contribution in [0.2, 0.25) is 0 Å². The fraction of sp³-hybridized carbons (Fsp3) is 0.318. The first-order chi connectivity index (χ1) is 13.1. The molecule has 0 saturated heterocycles. The van der Waals surface area contributed by atoms with Gasteiger partial charge in [-0.3, -0.25) is 4.90 Å². The van der Waals surface area contributed by atoms with Crippen molar-refractivity contribution in [3.05, 3.63) is 64.8 Å². The van der Waals surface area contributed by atoms with Crippen LogP contribution in [0, 0.1) is 6.92 Å². The maximum absolute atomic E-state index is 12.6. The lowest BCUT2D eigenvalue weighted by atomic mass is 9.92. The van der Waals surface area contributed by atoms with E-state index in [2.05, 4.69) is 30.1 Å². The molecule has 0 saturated carbocycles. The standard InChI is InChI=1S/C22H24N2O3/c1-4-27-22(25)24-12-11-18-17-10-5-14(2)13-19(17)23-20(18)21(24)15-6-8-16(26-3)9-7-15/h5-10,13,21,23H,4,11-12H2,1-3H3. The van der Waals surface area contributed by atoms with Gasteiger partial charge in [0, 0.05) is 23.1 Å². The monoisotopic (exact) mass is 364 g/mol. The Morgan fingerprint density at radius 1 is 1.22 bits per heavy atom. The van der Waals surface area contributed by atoms with Crippen molar-refractivity contribution < 1.29 is 14.3 Å². The fourth-order valence-electron chi connectivity index (χ4n) is 3.95. The van der Waals surface area contributed by atoms with Gasteiger partial charge in [-0.1, -0.05) is 24.3 Å². The molecule has 5 nitrogen and oxygen atoms in total. The van der Waals surface area contributed by atoms with Crippen LogP contribution in [-0.4, -0.2) is 36.2 Å². The SMILES string of the molecule is CCOC(=O)N1CCc2c([nH]c3cc(C)ccc23)C1c1ccc(OC)cc1. The quantitative estimate of drug-likeness (QED) is 0.740. The maximum atomic E-state index is 12.6. The molecular formula is C22H24N2O3. The van der Waals surface area contributed by atoms with Crippen LogP contribution in [0.25, 0.3) is 10.9 Å². The van der Waals surface area contributed by atoms with E-state index in [-0.39, 0.29) is 12.1 Å². The Morgan fingerprint density at radius 3 is 2.70 bits per heavy atom. The molecule has 1 N–H and O–H groups in total. The number of hydrogen-bond donors (Lipinski definition) is 1. The summed E-state index contributed by atoms with van der Waals surface area (Å²) in [6, 6.07) is 14.2. The van der Waals surface area contributed by atoms with Crippen molar-refractivity contribution >= 4 is 17.0 Å². The number of amides is 1. The van der Waals surface area contributed by atoms with Crippen LogP contribution in [0.3, 0.4) is 0 Å². The molecule has 1 atom stereocenters. The number of aromatic nitrogens is 1. The lowest BCUT2D eigenvalue weighted by Crippen LogP contribution is -2.40. The fourth-order valence-corrected chi connectivity index (χ4v) is 3.95. The van der Waals surface area contributed by atoms with E-state index >= 15 is 0 Å². The second-order valence-corrected chi connectivity index (χ2v) is 6.88. The first-order valence-corrected chi connectivity index (χ1v) is 9.30. The first kappa shape index (κ1) is 17.5. The van der Waals surface area contributed by atoms with Crippen LogP contribution < -0.4 is 4.74 Å². The van der Waals surface area contributed by atoms with Crippen LogP contribution in [0.15, 0.2) is 42.5 Å². The van der Waals surface area contributed by atoms with E-state index in [0.717, 1.165) is 28.9 Å². The van der Waals surface area contributed by atoms with Crippen molar-refractivity contribution in [2.45, 2.75) is 26.3 Å². The molecule has 1 aliphatic heterocycles. The summed E-state index contributed by atoms with van der Waals surface area (Å²) in [7, 11) is 1.65. The average Bonchev–Trinajstić information content (AvgIpc) is 3.05. The van der Waals surface area contributed by atoms with Gasteiger partial charge >= 0.3 is 6.09 Å². The number of aromatic amines is 1. The van der Waals surface area contributed by atoms with Crippen molar-refractivity contribution in [1.82, 2.24) is 9.88 Å². The summed E-state index contributed by atoms with van der Waals surface area (Å²) in [5, 5.41) is 1.23. The predicted octanol–water partition coefficient (Wildman–Crippen LogP) is 4.59. The number of aryl methyl sites for hydroxylation is 1. The van der Waals surface area contributed by atoms with Crippen LogP contribution in [0.5, 0.6) is 5.75 Å². The Kier molecular flexibility index (Phi) is 4.52. The van der Waals surface area contributed by atoms with E-state index in [9.17, 15) is 4.79 Å². The van der Waals surface area contributed by atoms with Gasteiger partial charge < -0.3 is 14.5 Å². The van der Waals surface area contributed by atoms with Crippen LogP contribution in [0.1, 0.15) is 35.3 Å². The molecule has 1 unspecified atom stereocenters. The van der Waals surface area contributed by atoms with Gasteiger partial charge in [-0.15, -0.1) is 0 Å². The van der Waals surface area contributed by atoms with Gasteiger partial charge in [-0.05, 0) is 55.2 Å². The molecule has 1 aliphatic rings. The molecule has 5 heteroatoms. The third-order valence-electron chi connectivity index (χ3n) is 5.22. The highest BCUT2D eigenvalue weighted by molar-refractivity contribution is 5.86. The van der Waals surface area contributed by atoms with Crippen molar-refractivity contribution in [3.63, 3.8) is 0 Å². The Bertz CT molecular complexity index is 975. The van der Waals surface area contributed by atoms with Gasteiger partial charge in [-0.25, -0.2) is 4.79 Å². The van der Waals surface area contributed by atoms with Gasteiger partial charge in [0.2, 0.25) is 0 Å². The number of carbonyl (C=O) groups is 1. The molecule has 0 fully saturated rings. The van der Waals surface area contributed by atoms with Crippen molar-refractivity contribution in [2.24, 2.45) is 0 Å². The summed E-state index contributed by atoms with van der Waals surface area (Å²) in [6.07, 6.45) is 0.531. The minimum Gasteiger partial charge on any atom is -0.497 e. The van der Waals surface area contributed by atoms with Gasteiger partial charge in [0.05, 0.1) is 13.7 Å². The van der Waals surface area contributed by atoms with E-state index in [1.807, 2.05) is 36.1 Å². The highest BCUT2D eigenvalue weighted by Gasteiger charge is 2.35. The zero-order chi connectivity index (χ0) is 19.0. The molecule has 27 heavy (non-hydrogen) atoms. The third kappa shape index (κ3) is 3.03. The Balaban J connectivity index is 1.85. The number of benzene rings is 2. The number of rotatable bonds is 3. The topological polar surface area (TPSA) is 54.6 Å². The Labute approximate surface area is 158 Å². The highest BCUT2D eigenvalue weighted by Crippen LogP contribution is 2.39. The molecule has 0 bridgehead atoms. The molecule has 2 aromatic carbocycles. The molecule has 3 aromatic rings. The van der Waals surface area contributed by atoms with E-state index in [4.69, 9.17) is 9.47 Å². The molecule has 0 aliphatic carbocycles. The second-order valence-electron chi connectivity index (χ2n) is 6.88. The number of nitrogens with zero attached hydrogens (tertiary/aromatic N) is 1. The number of ether oxygens (including phenoxy) is 2. The molecular weight excluding hydrogens is 340 g/mol. The second kappa shape index (κ2) is 6.99. The minimum absolute atomic E-state index is 0.202. The molecule has 140 valence electrons. The van der Waals surface area contributed by atoms with Gasteiger partial charge in [0.25, 0.3) is 0 Å². The van der Waals surface area contributed by atoms with Crippen molar-refractivity contribution in [1.29, 1.82) is 0 Å². The lowest BCUT2D eigenvalue weighted by molar-refractivity contribution is 0.0932. The molecule has 2 heterocycles. The minimum atomic E-state index is -0.279. The van der Waals surface area contributed by atoms with E-state index < -0.39 is 0 Å². The number of methoxy groups -OCH3 is 1. The Hall–Kier alpha value is -2.95. The van der Waals surface area contributed by atoms with Gasteiger partial charge in [-0.2, -0.15) is 0 Å². The van der Waals surface area contributed by atoms with Crippen LogP contribution in [0.4, 0.5) is 4.79 Å². The third-order valence-corrected chi connectivity index (χ3v) is 5.22. The zero-order valence-corrected chi connectivity index (χ0v) is 15.9. The van der Waals surface area contributed by atoms with E-state index in [1.165, 1.54) is 16.5 Å². The average molecular weight is 364 g/mol. The van der Waals surface area contributed by atoms with Gasteiger partial charge in [0.15, 0.2) is 0 Å². The highest BCUT2D eigenvalue weighted by atomic mass is 16.6. The predicted molar refractivity (Wildman–Crippen MR) is 105 cm³/mol. The zero-order valence-electron chi connectivity index (χ0n) is 15.9. The van der Waals surface area contributed by atoms with E-state index in [0.29, 0.717) is 13.2 Å². The molecule has 4 rings (SSSR count). The maximum Gasteiger partial charge on any atom is 0.410 e. The molecule has 0 spiro atoms. The first-order valence-electron chi connectivity index (χ1n) is 9.30. The summed E-state index contributed by atoms with van der Waals surface area (Å²) in [6.45, 7) is 4.92. The summed E-state index contributed by atoms with van der Waals surface area (Å²) in [5.41, 5.74) is 5.72. The summed E-state index contributed by atoms with van der Waals surface area (Å²) < 4.78 is 10.6. The lowest BCUT2D eigenvalue weighted by Gasteiger charge is -2.35. The smallest absolute Gasteiger partial charge is 0.410 e. The molecule has 1 aromatic heterocycles. The van der Waals surface area contributed by atoms with Crippen molar-refractivity contribution in [2.75, 3.05) is 20.3 Å². The number of H-pyrrole nitrogens is 1. The number of hydrogen-bond acceptors (Lipinski definition) is 3.